The van der Waals surface area contributed by atoms with Crippen LogP contribution in [0.4, 0.5) is 13.2 Å². The summed E-state index contributed by atoms with van der Waals surface area (Å²) in [6, 6.07) is 1.62. The molecule has 1 unspecified atom stereocenters. The van der Waals surface area contributed by atoms with E-state index in [9.17, 15) is 13.2 Å². The standard InChI is InChI=1S/C9H7BrF3N3/c1-4-5-2-7(10)14-3-6(5)16(15-4)9(13)8(11)12/h2-3,8-9H,1H3. The minimum atomic E-state index is -3.11. The number of rotatable bonds is 2. The summed E-state index contributed by atoms with van der Waals surface area (Å²) in [7, 11) is 0. The molecular formula is C9H7BrF3N3. The third-order valence-electron chi connectivity index (χ3n) is 2.19. The molecule has 3 nitrogen and oxygen atoms in total. The van der Waals surface area contributed by atoms with Crippen molar-refractivity contribution >= 4 is 26.8 Å². The Balaban J connectivity index is 2.64. The van der Waals surface area contributed by atoms with Gasteiger partial charge in [-0.05, 0) is 28.9 Å². The fourth-order valence-electron chi connectivity index (χ4n) is 1.46. The molecule has 0 saturated heterocycles. The summed E-state index contributed by atoms with van der Waals surface area (Å²) in [5, 5.41) is 4.35. The number of aromatic nitrogens is 3. The van der Waals surface area contributed by atoms with Crippen molar-refractivity contribution in [1.29, 1.82) is 0 Å². The SMILES string of the molecule is Cc1nn(C(F)C(F)F)c2cnc(Br)cc12. The molecule has 0 radical (unpaired) electrons. The molecule has 0 amide bonds. The molecule has 2 heterocycles. The fraction of sp³-hybridized carbons (Fsp3) is 0.333. The number of alkyl halides is 3. The summed E-state index contributed by atoms with van der Waals surface area (Å²) in [4.78, 5) is 3.87. The normalized spacial score (nSPS) is 13.6. The Labute approximate surface area is 97.4 Å². The molecule has 0 aliphatic rings. The molecule has 2 aromatic heterocycles. The van der Waals surface area contributed by atoms with Gasteiger partial charge in [-0.2, -0.15) is 5.10 Å². The summed E-state index contributed by atoms with van der Waals surface area (Å²) in [6.45, 7) is 1.63. The van der Waals surface area contributed by atoms with E-state index in [1.807, 2.05) is 0 Å². The van der Waals surface area contributed by atoms with E-state index < -0.39 is 12.7 Å². The first-order valence-electron chi connectivity index (χ1n) is 4.43. The van der Waals surface area contributed by atoms with Gasteiger partial charge in [0.05, 0.1) is 17.4 Å². The van der Waals surface area contributed by atoms with Gasteiger partial charge in [-0.15, -0.1) is 0 Å². The van der Waals surface area contributed by atoms with Crippen LogP contribution in [-0.2, 0) is 0 Å². The quantitative estimate of drug-likeness (QED) is 0.796. The second kappa shape index (κ2) is 4.04. The lowest BCUT2D eigenvalue weighted by molar-refractivity contribution is 0.00327. The Hall–Kier alpha value is -1.11. The number of fused-ring (bicyclic) bond motifs is 1. The van der Waals surface area contributed by atoms with Gasteiger partial charge in [-0.1, -0.05) is 0 Å². The van der Waals surface area contributed by atoms with Crippen LogP contribution in [0.2, 0.25) is 0 Å². The van der Waals surface area contributed by atoms with E-state index in [1.165, 1.54) is 6.20 Å². The number of aryl methyl sites for hydroxylation is 1. The molecule has 0 bridgehead atoms. The fourth-order valence-corrected chi connectivity index (χ4v) is 1.79. The Morgan fingerprint density at radius 2 is 2.06 bits per heavy atom. The molecule has 86 valence electrons. The number of hydrogen-bond acceptors (Lipinski definition) is 2. The zero-order valence-corrected chi connectivity index (χ0v) is 9.75. The molecule has 16 heavy (non-hydrogen) atoms. The lowest BCUT2D eigenvalue weighted by Gasteiger charge is -2.08. The highest BCUT2D eigenvalue weighted by Gasteiger charge is 2.24. The number of hydrogen-bond donors (Lipinski definition) is 0. The molecule has 0 aliphatic heterocycles. The monoisotopic (exact) mass is 293 g/mol. The molecule has 0 fully saturated rings. The first kappa shape index (κ1) is 11.4. The van der Waals surface area contributed by atoms with E-state index in [0.29, 0.717) is 20.4 Å². The molecule has 0 N–H and O–H groups in total. The third-order valence-corrected chi connectivity index (χ3v) is 2.62. The van der Waals surface area contributed by atoms with Crippen LogP contribution < -0.4 is 0 Å². The highest BCUT2D eigenvalue weighted by Crippen LogP contribution is 2.26. The number of nitrogens with zero attached hydrogens (tertiary/aromatic N) is 3. The summed E-state index contributed by atoms with van der Waals surface area (Å²) < 4.78 is 39.0. The van der Waals surface area contributed by atoms with Crippen LogP contribution in [-0.4, -0.2) is 21.2 Å². The first-order valence-corrected chi connectivity index (χ1v) is 5.22. The summed E-state index contributed by atoms with van der Waals surface area (Å²) in [5.41, 5.74) is 0.745. The topological polar surface area (TPSA) is 30.7 Å². The predicted molar refractivity (Wildman–Crippen MR) is 56.1 cm³/mol. The number of pyridine rings is 1. The van der Waals surface area contributed by atoms with Crippen LogP contribution in [0.3, 0.4) is 0 Å². The van der Waals surface area contributed by atoms with Crippen molar-refractivity contribution in [3.05, 3.63) is 22.6 Å². The maximum atomic E-state index is 13.2. The van der Waals surface area contributed by atoms with Crippen LogP contribution in [0, 0.1) is 6.92 Å². The average molecular weight is 294 g/mol. The second-order valence-electron chi connectivity index (χ2n) is 3.26. The summed E-state index contributed by atoms with van der Waals surface area (Å²) in [5.74, 6) is 0. The van der Waals surface area contributed by atoms with E-state index in [2.05, 4.69) is 26.0 Å². The Morgan fingerprint density at radius 1 is 1.38 bits per heavy atom. The van der Waals surface area contributed by atoms with Gasteiger partial charge in [0.2, 0.25) is 0 Å². The summed E-state index contributed by atoms with van der Waals surface area (Å²) in [6.07, 6.45) is -4.24. The second-order valence-corrected chi connectivity index (χ2v) is 4.07. The number of halogens is 4. The van der Waals surface area contributed by atoms with Crippen molar-refractivity contribution in [2.45, 2.75) is 19.6 Å². The van der Waals surface area contributed by atoms with Gasteiger partial charge >= 0.3 is 0 Å². The van der Waals surface area contributed by atoms with Crippen molar-refractivity contribution in [2.75, 3.05) is 0 Å². The van der Waals surface area contributed by atoms with Gasteiger partial charge in [0.1, 0.15) is 4.60 Å². The van der Waals surface area contributed by atoms with Crippen LogP contribution in [0.15, 0.2) is 16.9 Å². The minimum absolute atomic E-state index is 0.258. The van der Waals surface area contributed by atoms with Crippen LogP contribution >= 0.6 is 15.9 Å². The minimum Gasteiger partial charge on any atom is -0.247 e. The Morgan fingerprint density at radius 3 is 2.69 bits per heavy atom. The van der Waals surface area contributed by atoms with Crippen LogP contribution in [0.25, 0.3) is 10.9 Å². The highest BCUT2D eigenvalue weighted by atomic mass is 79.9. The molecule has 0 spiro atoms. The van der Waals surface area contributed by atoms with Gasteiger partial charge in [-0.3, -0.25) is 0 Å². The van der Waals surface area contributed by atoms with Crippen molar-refractivity contribution in [3.63, 3.8) is 0 Å². The van der Waals surface area contributed by atoms with E-state index >= 15 is 0 Å². The lowest BCUT2D eigenvalue weighted by atomic mass is 10.3. The highest BCUT2D eigenvalue weighted by molar-refractivity contribution is 9.10. The molecule has 1 atom stereocenters. The van der Waals surface area contributed by atoms with Gasteiger partial charge < -0.3 is 0 Å². The van der Waals surface area contributed by atoms with E-state index in [1.54, 1.807) is 13.0 Å². The van der Waals surface area contributed by atoms with E-state index in [0.717, 1.165) is 0 Å². The van der Waals surface area contributed by atoms with Crippen molar-refractivity contribution in [1.82, 2.24) is 14.8 Å². The lowest BCUT2D eigenvalue weighted by Crippen LogP contribution is -2.13. The Bertz CT molecular complexity index is 526. The van der Waals surface area contributed by atoms with E-state index in [4.69, 9.17) is 0 Å². The van der Waals surface area contributed by atoms with Crippen LogP contribution in [0.5, 0.6) is 0 Å². The zero-order valence-electron chi connectivity index (χ0n) is 8.16. The summed E-state index contributed by atoms with van der Waals surface area (Å²) >= 11 is 3.15. The largest absolute Gasteiger partial charge is 0.289 e. The molecular weight excluding hydrogens is 287 g/mol. The smallest absolute Gasteiger partial charge is 0.247 e. The van der Waals surface area contributed by atoms with Gasteiger partial charge in [-0.25, -0.2) is 22.8 Å². The van der Waals surface area contributed by atoms with Crippen molar-refractivity contribution < 1.29 is 13.2 Å². The van der Waals surface area contributed by atoms with E-state index in [-0.39, 0.29) is 5.52 Å². The first-order chi connectivity index (χ1) is 7.50. The zero-order chi connectivity index (χ0) is 11.9. The molecule has 7 heteroatoms. The van der Waals surface area contributed by atoms with Crippen LogP contribution in [0.1, 0.15) is 12.0 Å². The van der Waals surface area contributed by atoms with Gasteiger partial charge in [0.25, 0.3) is 12.7 Å². The van der Waals surface area contributed by atoms with Crippen molar-refractivity contribution in [3.8, 4) is 0 Å². The molecule has 0 aromatic carbocycles. The van der Waals surface area contributed by atoms with Crippen molar-refractivity contribution in [2.24, 2.45) is 0 Å². The van der Waals surface area contributed by atoms with Gasteiger partial charge in [0.15, 0.2) is 0 Å². The Kier molecular flexibility index (Phi) is 2.88. The molecule has 2 aromatic rings. The predicted octanol–water partition coefficient (Wildman–Crippen LogP) is 3.24. The third kappa shape index (κ3) is 1.79. The molecule has 0 saturated carbocycles. The maximum absolute atomic E-state index is 13.2. The maximum Gasteiger partial charge on any atom is 0.289 e. The van der Waals surface area contributed by atoms with Gasteiger partial charge in [0, 0.05) is 5.39 Å². The molecule has 0 aliphatic carbocycles. The molecule has 2 rings (SSSR count). The average Bonchev–Trinajstić information content (AvgIpc) is 2.55.